The largest absolute Gasteiger partial charge is 0.393 e. The van der Waals surface area contributed by atoms with Gasteiger partial charge in [0.25, 0.3) is 0 Å². The van der Waals surface area contributed by atoms with Crippen LogP contribution >= 0.6 is 0 Å². The number of aliphatic hydroxyl groups is 1. The molecule has 0 bridgehead atoms. The fourth-order valence-corrected chi connectivity index (χ4v) is 1.77. The SMILES string of the molecule is CCCC(C)CNCC(C)(CC)C(C)O. The van der Waals surface area contributed by atoms with Gasteiger partial charge in [0.15, 0.2) is 0 Å². The summed E-state index contributed by atoms with van der Waals surface area (Å²) < 4.78 is 0. The van der Waals surface area contributed by atoms with E-state index in [1.54, 1.807) is 0 Å². The molecule has 0 aromatic carbocycles. The third kappa shape index (κ3) is 5.53. The molecule has 0 fully saturated rings. The molecule has 0 rings (SSSR count). The van der Waals surface area contributed by atoms with Gasteiger partial charge in [0.2, 0.25) is 0 Å². The van der Waals surface area contributed by atoms with Gasteiger partial charge in [0.05, 0.1) is 6.10 Å². The monoisotopic (exact) mass is 215 g/mol. The molecule has 0 spiro atoms. The van der Waals surface area contributed by atoms with E-state index < -0.39 is 0 Å². The molecule has 0 radical (unpaired) electrons. The molecule has 2 heteroatoms. The number of hydrogen-bond donors (Lipinski definition) is 2. The highest BCUT2D eigenvalue weighted by Gasteiger charge is 2.27. The van der Waals surface area contributed by atoms with Crippen LogP contribution in [0.25, 0.3) is 0 Å². The van der Waals surface area contributed by atoms with Crippen LogP contribution in [0.4, 0.5) is 0 Å². The van der Waals surface area contributed by atoms with E-state index in [-0.39, 0.29) is 11.5 Å². The Bertz CT molecular complexity index is 159. The minimum absolute atomic E-state index is 0.0198. The van der Waals surface area contributed by atoms with Gasteiger partial charge in [-0.15, -0.1) is 0 Å². The van der Waals surface area contributed by atoms with E-state index in [4.69, 9.17) is 0 Å². The van der Waals surface area contributed by atoms with Crippen molar-refractivity contribution >= 4 is 0 Å². The van der Waals surface area contributed by atoms with Crippen molar-refractivity contribution in [1.29, 1.82) is 0 Å². The second-order valence-electron chi connectivity index (χ2n) is 5.21. The van der Waals surface area contributed by atoms with Gasteiger partial charge in [-0.3, -0.25) is 0 Å². The van der Waals surface area contributed by atoms with Crippen molar-refractivity contribution in [3.63, 3.8) is 0 Å². The summed E-state index contributed by atoms with van der Waals surface area (Å²) in [5, 5.41) is 13.2. The molecule has 0 aliphatic rings. The zero-order chi connectivity index (χ0) is 11.9. The van der Waals surface area contributed by atoms with Crippen LogP contribution in [0.15, 0.2) is 0 Å². The summed E-state index contributed by atoms with van der Waals surface area (Å²) in [6, 6.07) is 0. The molecule has 3 unspecified atom stereocenters. The van der Waals surface area contributed by atoms with E-state index in [9.17, 15) is 5.11 Å². The van der Waals surface area contributed by atoms with Gasteiger partial charge in [-0.1, -0.05) is 34.1 Å². The summed E-state index contributed by atoms with van der Waals surface area (Å²) >= 11 is 0. The predicted octanol–water partition coefficient (Wildman–Crippen LogP) is 2.81. The molecule has 0 amide bonds. The molecular weight excluding hydrogens is 186 g/mol. The average Bonchev–Trinajstić information content (AvgIpc) is 2.17. The molecule has 0 aliphatic carbocycles. The lowest BCUT2D eigenvalue weighted by Gasteiger charge is -2.32. The Labute approximate surface area is 95.5 Å². The number of rotatable bonds is 8. The molecule has 0 heterocycles. The summed E-state index contributed by atoms with van der Waals surface area (Å²) in [4.78, 5) is 0. The van der Waals surface area contributed by atoms with E-state index in [1.165, 1.54) is 12.8 Å². The standard InChI is InChI=1S/C13H29NO/c1-6-8-11(3)9-14-10-13(5,7-2)12(4)15/h11-12,14-15H,6-10H2,1-5H3. The van der Waals surface area contributed by atoms with Crippen molar-refractivity contribution in [2.24, 2.45) is 11.3 Å². The fourth-order valence-electron chi connectivity index (χ4n) is 1.77. The van der Waals surface area contributed by atoms with Crippen LogP contribution in [0, 0.1) is 11.3 Å². The van der Waals surface area contributed by atoms with Gasteiger partial charge in [-0.25, -0.2) is 0 Å². The minimum Gasteiger partial charge on any atom is -0.393 e. The van der Waals surface area contributed by atoms with E-state index in [0.717, 1.165) is 25.4 Å². The van der Waals surface area contributed by atoms with Gasteiger partial charge in [0.1, 0.15) is 0 Å². The molecule has 92 valence electrons. The first-order valence-corrected chi connectivity index (χ1v) is 6.35. The highest BCUT2D eigenvalue weighted by atomic mass is 16.3. The summed E-state index contributed by atoms with van der Waals surface area (Å²) in [6.45, 7) is 12.7. The first kappa shape index (κ1) is 14.9. The number of nitrogens with one attached hydrogen (secondary N) is 1. The lowest BCUT2D eigenvalue weighted by molar-refractivity contribution is 0.0485. The topological polar surface area (TPSA) is 32.3 Å². The second kappa shape index (κ2) is 7.24. The third-order valence-corrected chi connectivity index (χ3v) is 3.62. The average molecular weight is 215 g/mol. The van der Waals surface area contributed by atoms with Crippen LogP contribution in [0.2, 0.25) is 0 Å². The van der Waals surface area contributed by atoms with Crippen LogP contribution in [0.5, 0.6) is 0 Å². The molecule has 3 atom stereocenters. The minimum atomic E-state index is -0.239. The van der Waals surface area contributed by atoms with E-state index in [0.29, 0.717) is 0 Å². The summed E-state index contributed by atoms with van der Waals surface area (Å²) in [5.41, 5.74) is 0.0198. The highest BCUT2D eigenvalue weighted by Crippen LogP contribution is 2.24. The Hall–Kier alpha value is -0.0800. The van der Waals surface area contributed by atoms with Crippen molar-refractivity contribution in [2.45, 2.75) is 60.0 Å². The summed E-state index contributed by atoms with van der Waals surface area (Å²) in [7, 11) is 0. The molecule has 0 aliphatic heterocycles. The Morgan fingerprint density at radius 2 is 1.87 bits per heavy atom. The molecular formula is C13H29NO. The third-order valence-electron chi connectivity index (χ3n) is 3.62. The highest BCUT2D eigenvalue weighted by molar-refractivity contribution is 4.80. The first-order valence-electron chi connectivity index (χ1n) is 6.35. The Kier molecular flexibility index (Phi) is 7.20. The van der Waals surface area contributed by atoms with Gasteiger partial charge in [-0.2, -0.15) is 0 Å². The van der Waals surface area contributed by atoms with Crippen molar-refractivity contribution in [3.8, 4) is 0 Å². The van der Waals surface area contributed by atoms with Crippen molar-refractivity contribution in [3.05, 3.63) is 0 Å². The summed E-state index contributed by atoms with van der Waals surface area (Å²) in [6.07, 6.45) is 3.31. The molecule has 0 aromatic heterocycles. The van der Waals surface area contributed by atoms with Crippen LogP contribution in [-0.4, -0.2) is 24.3 Å². The smallest absolute Gasteiger partial charge is 0.0577 e. The fraction of sp³-hybridized carbons (Fsp3) is 1.00. The van der Waals surface area contributed by atoms with Crippen LogP contribution in [0.3, 0.4) is 0 Å². The van der Waals surface area contributed by atoms with E-state index in [1.807, 2.05) is 6.92 Å². The van der Waals surface area contributed by atoms with Crippen molar-refractivity contribution in [2.75, 3.05) is 13.1 Å². The van der Waals surface area contributed by atoms with E-state index in [2.05, 4.69) is 33.0 Å². The maximum Gasteiger partial charge on any atom is 0.0577 e. The number of aliphatic hydroxyl groups excluding tert-OH is 1. The molecule has 0 saturated carbocycles. The maximum atomic E-state index is 9.70. The molecule has 2 N–H and O–H groups in total. The first-order chi connectivity index (χ1) is 6.96. The van der Waals surface area contributed by atoms with E-state index >= 15 is 0 Å². The molecule has 2 nitrogen and oxygen atoms in total. The zero-order valence-electron chi connectivity index (χ0n) is 11.1. The van der Waals surface area contributed by atoms with Crippen LogP contribution < -0.4 is 5.32 Å². The normalized spacial score (nSPS) is 19.6. The molecule has 0 saturated heterocycles. The molecule has 15 heavy (non-hydrogen) atoms. The molecule has 0 aromatic rings. The lowest BCUT2D eigenvalue weighted by Crippen LogP contribution is -2.40. The predicted molar refractivity (Wildman–Crippen MR) is 67.0 cm³/mol. The van der Waals surface area contributed by atoms with Crippen molar-refractivity contribution in [1.82, 2.24) is 5.32 Å². The summed E-state index contributed by atoms with van der Waals surface area (Å²) in [5.74, 6) is 0.741. The van der Waals surface area contributed by atoms with Crippen LogP contribution in [0.1, 0.15) is 53.9 Å². The lowest BCUT2D eigenvalue weighted by atomic mass is 9.82. The Balaban J connectivity index is 3.82. The van der Waals surface area contributed by atoms with Gasteiger partial charge < -0.3 is 10.4 Å². The second-order valence-corrected chi connectivity index (χ2v) is 5.21. The quantitative estimate of drug-likeness (QED) is 0.652. The Morgan fingerprint density at radius 1 is 1.27 bits per heavy atom. The van der Waals surface area contributed by atoms with Gasteiger partial charge in [-0.05, 0) is 32.2 Å². The van der Waals surface area contributed by atoms with Gasteiger partial charge >= 0.3 is 0 Å². The zero-order valence-corrected chi connectivity index (χ0v) is 11.1. The van der Waals surface area contributed by atoms with Crippen molar-refractivity contribution < 1.29 is 5.11 Å². The maximum absolute atomic E-state index is 9.70. The Morgan fingerprint density at radius 3 is 2.27 bits per heavy atom. The number of hydrogen-bond acceptors (Lipinski definition) is 2. The van der Waals surface area contributed by atoms with Gasteiger partial charge in [0, 0.05) is 12.0 Å². The van der Waals surface area contributed by atoms with Crippen LogP contribution in [-0.2, 0) is 0 Å².